The Bertz CT molecular complexity index is 263. The minimum Gasteiger partial charge on any atom is -0.366 e. The maximum atomic E-state index is 12.5. The Morgan fingerprint density at radius 1 is 0.765 bits per heavy atom. The molecule has 0 heterocycles. The van der Waals surface area contributed by atoms with Crippen molar-refractivity contribution in [1.82, 2.24) is 0 Å². The summed E-state index contributed by atoms with van der Waals surface area (Å²) < 4.78 is 123. The van der Waals surface area contributed by atoms with Gasteiger partial charge in [0.1, 0.15) is 0 Å². The van der Waals surface area contributed by atoms with Gasteiger partial charge in [0.2, 0.25) is 6.10 Å². The van der Waals surface area contributed by atoms with Gasteiger partial charge in [0, 0.05) is 7.11 Å². The highest BCUT2D eigenvalue weighted by Crippen LogP contribution is 2.51. The van der Waals surface area contributed by atoms with Crippen molar-refractivity contribution in [2.45, 2.75) is 30.3 Å². The summed E-state index contributed by atoms with van der Waals surface area (Å²) in [5.41, 5.74) is 0. The van der Waals surface area contributed by atoms with Crippen LogP contribution in [0.15, 0.2) is 0 Å². The predicted octanol–water partition coefficient (Wildman–Crippen LogP) is 3.40. The summed E-state index contributed by atoms with van der Waals surface area (Å²) in [6.45, 7) is 0. The van der Waals surface area contributed by atoms with Crippen LogP contribution >= 0.6 is 0 Å². The second-order valence-corrected chi connectivity index (χ2v) is 2.85. The molecule has 0 aromatic carbocycles. The SMILES string of the molecule is COC(C(F)(F)F)C(F)(F)C(F)(F)C(F)(F)F. The monoisotopic (exact) mass is 282 g/mol. The standard InChI is InChI=1S/C6H4F10O/c1-17-2(4(9,10)11)3(7,8)5(12,13)6(14,15)16/h2H,1H3. The molecule has 11 heteroatoms. The quantitative estimate of drug-likeness (QED) is 0.721. The van der Waals surface area contributed by atoms with E-state index in [0.29, 0.717) is 0 Å². The van der Waals surface area contributed by atoms with Crippen molar-refractivity contribution < 1.29 is 48.6 Å². The number of rotatable bonds is 3. The van der Waals surface area contributed by atoms with E-state index in [0.717, 1.165) is 0 Å². The summed E-state index contributed by atoms with van der Waals surface area (Å²) in [7, 11) is -0.0570. The van der Waals surface area contributed by atoms with Crippen molar-refractivity contribution >= 4 is 0 Å². The second-order valence-electron chi connectivity index (χ2n) is 2.85. The summed E-state index contributed by atoms with van der Waals surface area (Å²) in [5.74, 6) is -13.3. The van der Waals surface area contributed by atoms with Crippen molar-refractivity contribution in [3.8, 4) is 0 Å². The molecule has 0 saturated carbocycles. The van der Waals surface area contributed by atoms with E-state index in [1.165, 1.54) is 0 Å². The summed E-state index contributed by atoms with van der Waals surface area (Å²) >= 11 is 0. The van der Waals surface area contributed by atoms with Crippen molar-refractivity contribution in [1.29, 1.82) is 0 Å². The van der Waals surface area contributed by atoms with Crippen LogP contribution in [0.1, 0.15) is 0 Å². The number of halogens is 10. The van der Waals surface area contributed by atoms with Gasteiger partial charge < -0.3 is 4.74 Å². The Hall–Kier alpha value is -0.740. The van der Waals surface area contributed by atoms with E-state index in [1.807, 2.05) is 0 Å². The summed E-state index contributed by atoms with van der Waals surface area (Å²) in [6.07, 6.45) is -17.5. The lowest BCUT2D eigenvalue weighted by atomic mass is 10.0. The molecule has 1 nitrogen and oxygen atoms in total. The average molecular weight is 282 g/mol. The molecule has 0 radical (unpaired) electrons. The minimum atomic E-state index is -6.86. The van der Waals surface area contributed by atoms with Gasteiger partial charge in [0.05, 0.1) is 0 Å². The zero-order chi connectivity index (χ0) is 14.3. The van der Waals surface area contributed by atoms with Crippen LogP contribution in [-0.2, 0) is 4.74 Å². The fraction of sp³-hybridized carbons (Fsp3) is 1.00. The first kappa shape index (κ1) is 16.3. The van der Waals surface area contributed by atoms with Gasteiger partial charge in [-0.15, -0.1) is 0 Å². The van der Waals surface area contributed by atoms with Crippen molar-refractivity contribution in [2.75, 3.05) is 7.11 Å². The third-order valence-corrected chi connectivity index (χ3v) is 1.64. The van der Waals surface area contributed by atoms with E-state index in [-0.39, 0.29) is 7.11 Å². The number of methoxy groups -OCH3 is 1. The smallest absolute Gasteiger partial charge is 0.366 e. The highest BCUT2D eigenvalue weighted by atomic mass is 19.4. The van der Waals surface area contributed by atoms with Crippen LogP contribution < -0.4 is 0 Å². The van der Waals surface area contributed by atoms with E-state index in [1.54, 1.807) is 0 Å². The van der Waals surface area contributed by atoms with Gasteiger partial charge in [0.15, 0.2) is 0 Å². The molecule has 0 amide bonds. The van der Waals surface area contributed by atoms with Crippen LogP contribution in [0, 0.1) is 0 Å². The van der Waals surface area contributed by atoms with Crippen LogP contribution in [0.5, 0.6) is 0 Å². The number of alkyl halides is 10. The van der Waals surface area contributed by atoms with Gasteiger partial charge in [-0.2, -0.15) is 43.9 Å². The highest BCUT2D eigenvalue weighted by Gasteiger charge is 2.79. The maximum Gasteiger partial charge on any atom is 0.459 e. The van der Waals surface area contributed by atoms with E-state index >= 15 is 0 Å². The van der Waals surface area contributed by atoms with Gasteiger partial charge in [-0.1, -0.05) is 0 Å². The summed E-state index contributed by atoms with van der Waals surface area (Å²) in [5, 5.41) is 0. The number of hydrogen-bond acceptors (Lipinski definition) is 1. The van der Waals surface area contributed by atoms with Crippen LogP contribution in [-0.4, -0.2) is 37.4 Å². The fourth-order valence-corrected chi connectivity index (χ4v) is 0.841. The van der Waals surface area contributed by atoms with E-state index in [4.69, 9.17) is 0 Å². The van der Waals surface area contributed by atoms with Crippen LogP contribution in [0.4, 0.5) is 43.9 Å². The normalized spacial score (nSPS) is 17.1. The van der Waals surface area contributed by atoms with Crippen molar-refractivity contribution in [3.63, 3.8) is 0 Å². The zero-order valence-corrected chi connectivity index (χ0v) is 7.77. The Balaban J connectivity index is 5.53. The lowest BCUT2D eigenvalue weighted by molar-refractivity contribution is -0.397. The molecule has 0 bridgehead atoms. The maximum absolute atomic E-state index is 12.5. The molecule has 0 aliphatic rings. The minimum absolute atomic E-state index is 0.0570. The predicted molar refractivity (Wildman–Crippen MR) is 32.8 cm³/mol. The lowest BCUT2D eigenvalue weighted by Crippen LogP contribution is -2.62. The molecule has 1 unspecified atom stereocenters. The zero-order valence-electron chi connectivity index (χ0n) is 7.77. The van der Waals surface area contributed by atoms with Crippen molar-refractivity contribution in [3.05, 3.63) is 0 Å². The fourth-order valence-electron chi connectivity index (χ4n) is 0.841. The number of hydrogen-bond donors (Lipinski definition) is 0. The Kier molecular flexibility index (Phi) is 3.99. The molecule has 0 aromatic rings. The largest absolute Gasteiger partial charge is 0.459 e. The molecule has 0 N–H and O–H groups in total. The highest BCUT2D eigenvalue weighted by molar-refractivity contribution is 4.99. The molecule has 104 valence electrons. The van der Waals surface area contributed by atoms with Gasteiger partial charge >= 0.3 is 24.2 Å². The molecule has 1 atom stereocenters. The average Bonchev–Trinajstić information content (AvgIpc) is 1.98. The molecule has 0 aliphatic heterocycles. The molecule has 0 aromatic heterocycles. The van der Waals surface area contributed by atoms with Gasteiger partial charge in [-0.05, 0) is 0 Å². The first-order valence-corrected chi connectivity index (χ1v) is 3.61. The Morgan fingerprint density at radius 2 is 1.12 bits per heavy atom. The molecular formula is C6H4F10O. The molecule has 0 spiro atoms. The molecule has 0 fully saturated rings. The van der Waals surface area contributed by atoms with Gasteiger partial charge in [-0.3, -0.25) is 0 Å². The van der Waals surface area contributed by atoms with Crippen LogP contribution in [0.25, 0.3) is 0 Å². The molecule has 17 heavy (non-hydrogen) atoms. The summed E-state index contributed by atoms with van der Waals surface area (Å²) in [4.78, 5) is 0. The molecular weight excluding hydrogens is 278 g/mol. The molecule has 0 aliphatic carbocycles. The van der Waals surface area contributed by atoms with Gasteiger partial charge in [-0.25, -0.2) is 0 Å². The molecule has 0 saturated heterocycles. The number of ether oxygens (including phenoxy) is 1. The van der Waals surface area contributed by atoms with Gasteiger partial charge in [0.25, 0.3) is 0 Å². The van der Waals surface area contributed by atoms with Crippen LogP contribution in [0.2, 0.25) is 0 Å². The first-order chi connectivity index (χ1) is 7.19. The summed E-state index contributed by atoms with van der Waals surface area (Å²) in [6, 6.07) is 0. The third kappa shape index (κ3) is 2.75. The first-order valence-electron chi connectivity index (χ1n) is 3.61. The third-order valence-electron chi connectivity index (χ3n) is 1.64. The Labute approximate surface area is 87.3 Å². The van der Waals surface area contributed by atoms with Crippen LogP contribution in [0.3, 0.4) is 0 Å². The van der Waals surface area contributed by atoms with E-state index in [9.17, 15) is 43.9 Å². The second kappa shape index (κ2) is 4.18. The van der Waals surface area contributed by atoms with E-state index in [2.05, 4.69) is 4.74 Å². The topological polar surface area (TPSA) is 9.23 Å². The Morgan fingerprint density at radius 3 is 1.29 bits per heavy atom. The molecule has 0 rings (SSSR count). The van der Waals surface area contributed by atoms with Crippen molar-refractivity contribution in [2.24, 2.45) is 0 Å². The van der Waals surface area contributed by atoms with E-state index < -0.39 is 30.3 Å². The lowest BCUT2D eigenvalue weighted by Gasteiger charge is -2.33.